The van der Waals surface area contributed by atoms with Crippen molar-refractivity contribution in [3.63, 3.8) is 0 Å². The zero-order valence-electron chi connectivity index (χ0n) is 10.0. The molecule has 1 aliphatic heterocycles. The predicted octanol–water partition coefficient (Wildman–Crippen LogP) is 3.48. The highest BCUT2D eigenvalue weighted by atomic mass is 16.5. The number of aliphatic imine (C=N–C) groups is 1. The van der Waals surface area contributed by atoms with Gasteiger partial charge in [-0.1, -0.05) is 25.2 Å². The van der Waals surface area contributed by atoms with E-state index < -0.39 is 0 Å². The van der Waals surface area contributed by atoms with Crippen LogP contribution in [0.15, 0.2) is 40.2 Å². The first-order chi connectivity index (χ1) is 7.00. The number of hydrogen-bond acceptors (Lipinski definition) is 2. The fraction of sp³-hybridized carbons (Fsp3) is 0.462. The van der Waals surface area contributed by atoms with Crippen LogP contribution >= 0.6 is 0 Å². The van der Waals surface area contributed by atoms with Crippen molar-refractivity contribution in [3.05, 3.63) is 35.3 Å². The van der Waals surface area contributed by atoms with E-state index in [-0.39, 0.29) is 0 Å². The summed E-state index contributed by atoms with van der Waals surface area (Å²) in [7, 11) is 0. The van der Waals surface area contributed by atoms with Gasteiger partial charge in [-0.25, -0.2) is 0 Å². The molecule has 82 valence electrons. The van der Waals surface area contributed by atoms with E-state index in [2.05, 4.69) is 38.4 Å². The van der Waals surface area contributed by atoms with E-state index >= 15 is 0 Å². The average Bonchev–Trinajstić information content (AvgIpc) is 2.29. The third-order valence-corrected chi connectivity index (χ3v) is 2.64. The van der Waals surface area contributed by atoms with E-state index in [1.165, 1.54) is 11.1 Å². The van der Waals surface area contributed by atoms with Gasteiger partial charge in [0.2, 0.25) is 0 Å². The van der Waals surface area contributed by atoms with Crippen LogP contribution in [0.5, 0.6) is 0 Å². The monoisotopic (exact) mass is 205 g/mol. The van der Waals surface area contributed by atoms with Crippen molar-refractivity contribution in [1.82, 2.24) is 0 Å². The van der Waals surface area contributed by atoms with Gasteiger partial charge in [-0.05, 0) is 32.3 Å². The van der Waals surface area contributed by atoms with E-state index in [4.69, 9.17) is 4.74 Å². The summed E-state index contributed by atoms with van der Waals surface area (Å²) in [6.45, 7) is 12.5. The number of rotatable bonds is 3. The zero-order chi connectivity index (χ0) is 11.4. The minimum Gasteiger partial charge on any atom is -0.493 e. The quantitative estimate of drug-likeness (QED) is 0.646. The molecule has 1 unspecified atom stereocenters. The molecular weight excluding hydrogens is 186 g/mol. The maximum absolute atomic E-state index is 5.36. The van der Waals surface area contributed by atoms with E-state index in [0.29, 0.717) is 12.5 Å². The lowest BCUT2D eigenvalue weighted by atomic mass is 9.98. The van der Waals surface area contributed by atoms with Crippen LogP contribution in [0.1, 0.15) is 27.7 Å². The summed E-state index contributed by atoms with van der Waals surface area (Å²) in [6.07, 6.45) is 4.05. The Bertz CT molecular complexity index is 348. The minimum atomic E-state index is 0.427. The second-order valence-corrected chi connectivity index (χ2v) is 4.06. The smallest absolute Gasteiger partial charge is 0.129 e. The van der Waals surface area contributed by atoms with Crippen LogP contribution in [0.2, 0.25) is 0 Å². The molecule has 1 atom stereocenters. The lowest BCUT2D eigenvalue weighted by Gasteiger charge is -2.08. The molecule has 0 saturated heterocycles. The molecular formula is C13H19NO. The number of allylic oxidation sites excluding steroid dienone is 4. The summed E-state index contributed by atoms with van der Waals surface area (Å²) in [4.78, 5) is 4.39. The van der Waals surface area contributed by atoms with Crippen LogP contribution in [0.4, 0.5) is 0 Å². The standard InChI is InChI=1S/C13H19NO/c1-9(2)15-8-13-6-10(3)12(5)11(4)7-14-13/h6-7,10H,1,8H2,2-5H3. The molecule has 0 spiro atoms. The van der Waals surface area contributed by atoms with Gasteiger partial charge >= 0.3 is 0 Å². The number of hydrogen-bond donors (Lipinski definition) is 0. The Labute approximate surface area is 92.1 Å². The highest BCUT2D eigenvalue weighted by Gasteiger charge is 2.09. The van der Waals surface area contributed by atoms with Crippen molar-refractivity contribution >= 4 is 6.21 Å². The first kappa shape index (κ1) is 11.8. The Morgan fingerprint density at radius 2 is 2.20 bits per heavy atom. The average molecular weight is 205 g/mol. The summed E-state index contributed by atoms with van der Waals surface area (Å²) < 4.78 is 5.36. The lowest BCUT2D eigenvalue weighted by molar-refractivity contribution is 0.242. The molecule has 2 nitrogen and oxygen atoms in total. The van der Waals surface area contributed by atoms with Gasteiger partial charge in [0.25, 0.3) is 0 Å². The maximum atomic E-state index is 5.36. The van der Waals surface area contributed by atoms with Crippen molar-refractivity contribution in [3.8, 4) is 0 Å². The summed E-state index contributed by atoms with van der Waals surface area (Å²) in [5.41, 5.74) is 3.58. The van der Waals surface area contributed by atoms with Gasteiger partial charge in [0.05, 0.1) is 11.5 Å². The second kappa shape index (κ2) is 4.96. The molecule has 1 aliphatic rings. The Morgan fingerprint density at radius 3 is 2.80 bits per heavy atom. The molecule has 0 aliphatic carbocycles. The number of nitrogens with zero attached hydrogens (tertiary/aromatic N) is 1. The molecule has 0 radical (unpaired) electrons. The van der Waals surface area contributed by atoms with Crippen molar-refractivity contribution in [2.45, 2.75) is 27.7 Å². The molecule has 0 bridgehead atoms. The normalized spacial score (nSPS) is 21.1. The van der Waals surface area contributed by atoms with Gasteiger partial charge in [-0.15, -0.1) is 0 Å². The molecule has 0 aromatic rings. The van der Waals surface area contributed by atoms with Gasteiger partial charge in [-0.2, -0.15) is 0 Å². The van der Waals surface area contributed by atoms with Gasteiger partial charge in [0.1, 0.15) is 6.61 Å². The molecule has 0 saturated carbocycles. The largest absolute Gasteiger partial charge is 0.493 e. The fourth-order valence-corrected chi connectivity index (χ4v) is 1.38. The fourth-order valence-electron chi connectivity index (χ4n) is 1.38. The molecule has 2 heteroatoms. The van der Waals surface area contributed by atoms with E-state index in [1.807, 2.05) is 13.1 Å². The first-order valence-corrected chi connectivity index (χ1v) is 5.21. The Morgan fingerprint density at radius 1 is 1.53 bits per heavy atom. The van der Waals surface area contributed by atoms with Crippen LogP contribution in [0.25, 0.3) is 0 Å². The van der Waals surface area contributed by atoms with Gasteiger partial charge in [0, 0.05) is 6.21 Å². The highest BCUT2D eigenvalue weighted by molar-refractivity contribution is 5.80. The summed E-state index contributed by atoms with van der Waals surface area (Å²) in [5, 5.41) is 0. The van der Waals surface area contributed by atoms with Crippen LogP contribution in [0.3, 0.4) is 0 Å². The van der Waals surface area contributed by atoms with E-state index in [1.54, 1.807) is 0 Å². The van der Waals surface area contributed by atoms with E-state index in [0.717, 1.165) is 11.5 Å². The molecule has 0 aromatic carbocycles. The second-order valence-electron chi connectivity index (χ2n) is 4.06. The summed E-state index contributed by atoms with van der Waals surface area (Å²) in [6, 6.07) is 0. The molecule has 1 heterocycles. The van der Waals surface area contributed by atoms with Crippen LogP contribution < -0.4 is 0 Å². The third-order valence-electron chi connectivity index (χ3n) is 2.64. The van der Waals surface area contributed by atoms with Crippen LogP contribution in [-0.2, 0) is 4.74 Å². The Balaban J connectivity index is 2.74. The number of ether oxygens (including phenoxy) is 1. The van der Waals surface area contributed by atoms with Gasteiger partial charge < -0.3 is 4.74 Å². The SMILES string of the molecule is C=C(C)OCC1=CC(C)C(C)=C(C)C=N1. The van der Waals surface area contributed by atoms with Gasteiger partial charge in [0.15, 0.2) is 0 Å². The van der Waals surface area contributed by atoms with Crippen LogP contribution in [0, 0.1) is 5.92 Å². The molecule has 15 heavy (non-hydrogen) atoms. The van der Waals surface area contributed by atoms with Crippen molar-refractivity contribution in [1.29, 1.82) is 0 Å². The lowest BCUT2D eigenvalue weighted by Crippen LogP contribution is -1.97. The third kappa shape index (κ3) is 3.39. The molecule has 0 aromatic heterocycles. The predicted molar refractivity (Wildman–Crippen MR) is 64.9 cm³/mol. The molecule has 1 rings (SSSR count). The van der Waals surface area contributed by atoms with Crippen LogP contribution in [-0.4, -0.2) is 12.8 Å². The Hall–Kier alpha value is -1.31. The van der Waals surface area contributed by atoms with Crippen molar-refractivity contribution in [2.75, 3.05) is 6.61 Å². The van der Waals surface area contributed by atoms with Crippen molar-refractivity contribution in [2.24, 2.45) is 10.9 Å². The molecule has 0 fully saturated rings. The highest BCUT2D eigenvalue weighted by Crippen LogP contribution is 2.20. The van der Waals surface area contributed by atoms with E-state index in [9.17, 15) is 0 Å². The zero-order valence-corrected chi connectivity index (χ0v) is 10.0. The maximum Gasteiger partial charge on any atom is 0.129 e. The summed E-state index contributed by atoms with van der Waals surface area (Å²) >= 11 is 0. The molecule has 0 N–H and O–H groups in total. The van der Waals surface area contributed by atoms with Gasteiger partial charge in [-0.3, -0.25) is 4.99 Å². The minimum absolute atomic E-state index is 0.427. The Kier molecular flexibility index (Phi) is 3.89. The van der Waals surface area contributed by atoms with Crippen molar-refractivity contribution < 1.29 is 4.74 Å². The summed E-state index contributed by atoms with van der Waals surface area (Å²) in [5.74, 6) is 1.15. The molecule has 0 amide bonds. The topological polar surface area (TPSA) is 21.6 Å². The first-order valence-electron chi connectivity index (χ1n) is 5.21.